The Balaban J connectivity index is 0.000000277. The van der Waals surface area contributed by atoms with Crippen LogP contribution in [-0.4, -0.2) is 123 Å². The molecule has 1 N–H and O–H groups in total. The van der Waals surface area contributed by atoms with E-state index in [0.717, 1.165) is 64.6 Å². The zero-order valence-electron chi connectivity index (χ0n) is 60.1. The van der Waals surface area contributed by atoms with Crippen molar-refractivity contribution in [2.24, 2.45) is 0 Å². The van der Waals surface area contributed by atoms with Crippen LogP contribution in [0.4, 0.5) is 0 Å². The van der Waals surface area contributed by atoms with Gasteiger partial charge in [0, 0.05) is 13.1 Å². The summed E-state index contributed by atoms with van der Waals surface area (Å²) in [6, 6.07) is 33.2. The molecule has 98 heavy (non-hydrogen) atoms. The minimum Gasteiger partial charge on any atom is -0.493 e. The number of benzene rings is 6. The van der Waals surface area contributed by atoms with Gasteiger partial charge in [0.25, 0.3) is 0 Å². The normalized spacial score (nSPS) is 15.8. The quantitative estimate of drug-likeness (QED) is 0.0357. The van der Waals surface area contributed by atoms with Crippen molar-refractivity contribution in [3.63, 3.8) is 0 Å². The summed E-state index contributed by atoms with van der Waals surface area (Å²) >= 11 is 0. The molecule has 4 unspecified atom stereocenters. The van der Waals surface area contributed by atoms with Crippen LogP contribution in [0.2, 0.25) is 0 Å². The number of nitrogens with zero attached hydrogens (tertiary/aromatic N) is 2. The van der Waals surface area contributed by atoms with E-state index in [1.165, 1.54) is 22.3 Å². The third-order valence-corrected chi connectivity index (χ3v) is 18.4. The number of piperidine rings is 2. The van der Waals surface area contributed by atoms with E-state index in [1.54, 1.807) is 89.3 Å². The zero-order valence-corrected chi connectivity index (χ0v) is 60.1. The van der Waals surface area contributed by atoms with Crippen molar-refractivity contribution in [1.82, 2.24) is 9.80 Å². The highest BCUT2D eigenvalue weighted by Gasteiger charge is 2.40. The van der Waals surface area contributed by atoms with Crippen LogP contribution in [0.15, 0.2) is 109 Å². The van der Waals surface area contributed by atoms with Gasteiger partial charge in [-0.05, 0) is 243 Å². The lowest BCUT2D eigenvalue weighted by Gasteiger charge is -2.37. The fourth-order valence-corrected chi connectivity index (χ4v) is 13.0. The van der Waals surface area contributed by atoms with E-state index in [9.17, 15) is 28.8 Å². The van der Waals surface area contributed by atoms with Crippen LogP contribution in [0.1, 0.15) is 190 Å². The van der Waals surface area contributed by atoms with Gasteiger partial charge in [-0.3, -0.25) is 9.59 Å². The first-order chi connectivity index (χ1) is 46.8. The van der Waals surface area contributed by atoms with Crippen molar-refractivity contribution in [2.45, 2.75) is 195 Å². The van der Waals surface area contributed by atoms with E-state index in [4.69, 9.17) is 47.7 Å². The number of hydrogen-bond acceptors (Lipinski definition) is 15. The van der Waals surface area contributed by atoms with Crippen LogP contribution in [0.25, 0.3) is 0 Å². The first-order valence-corrected chi connectivity index (χ1v) is 34.3. The maximum absolute atomic E-state index is 14.3. The Labute approximate surface area is 579 Å². The van der Waals surface area contributed by atoms with Crippen LogP contribution in [0.5, 0.6) is 34.5 Å². The minimum atomic E-state index is -1.08. The fraction of sp³-hybridized carbons (Fsp3) is 0.475. The number of methoxy groups -OCH3 is 4. The molecule has 8 rings (SSSR count). The smallest absolute Gasteiger partial charge is 0.344 e. The van der Waals surface area contributed by atoms with E-state index in [0.29, 0.717) is 105 Å². The molecule has 0 bridgehead atoms. The molecule has 2 aliphatic rings. The number of rotatable bonds is 28. The first-order valence-electron chi connectivity index (χ1n) is 34.3. The Morgan fingerprint density at radius 3 is 1.28 bits per heavy atom. The second-order valence-corrected chi connectivity index (χ2v) is 26.6. The minimum absolute atomic E-state index is 0.102. The average molecular weight is 1350 g/mol. The Hall–Kier alpha value is -9.06. The maximum atomic E-state index is 14.3. The number of carboxylic acid groups (broad SMARTS) is 1. The lowest BCUT2D eigenvalue weighted by Crippen LogP contribution is -2.50. The Morgan fingerprint density at radius 1 is 0.490 bits per heavy atom. The molecule has 18 heteroatoms. The number of likely N-dealkylation sites (tertiary alicyclic amines) is 2. The Kier molecular flexibility index (Phi) is 28.0. The van der Waals surface area contributed by atoms with E-state index in [1.807, 2.05) is 70.2 Å². The van der Waals surface area contributed by atoms with Crippen molar-refractivity contribution in [3.05, 3.63) is 176 Å². The van der Waals surface area contributed by atoms with Gasteiger partial charge in [-0.1, -0.05) is 86.6 Å². The highest BCUT2D eigenvalue weighted by Crippen LogP contribution is 2.40. The third kappa shape index (κ3) is 20.7. The molecule has 528 valence electrons. The number of carbonyl (C=O) groups is 6. The summed E-state index contributed by atoms with van der Waals surface area (Å²) in [6.45, 7) is 21.7. The summed E-state index contributed by atoms with van der Waals surface area (Å²) in [5.74, 6) is -0.333. The molecule has 0 radical (unpaired) electrons. The highest BCUT2D eigenvalue weighted by atomic mass is 16.6. The predicted octanol–water partition coefficient (Wildman–Crippen LogP) is 15.0. The molecule has 6 aromatic rings. The second kappa shape index (κ2) is 36.0. The molecule has 0 aromatic heterocycles. The number of hydrogen-bond donors (Lipinski definition) is 1. The predicted molar refractivity (Wildman–Crippen MR) is 377 cm³/mol. The standard InChI is InChI=1S/C42H55NO8.C38H47NO8/c1-10-34(32-23-29(4)39(48-9)37(25-32)47-8)40(45)43-21-12-11-16-35(43)41(46)50-36(20-19-30-18-17-27(2)28(3)22-30)31-14-13-15-33(24-31)49-26-38(44)51-42(5,6)7;1-7-31(29-20-26(4)36(45-6)34(22-29)44-5)37(42)39-18-9-8-13-32(39)38(43)47-33(17-16-27-15-14-24(2)25(3)19-27)28-11-10-12-30(21-28)46-23-35(40)41/h13-15,17-18,22-25,34-36H,10-12,16,19-21,26H2,1-9H3;10-12,14-15,19-22,31-33H,7-9,13,16-18,23H2,1-6H3,(H,40,41)/t34?,35?,36-;31?,32?,33-/m11/s1. The van der Waals surface area contributed by atoms with Crippen molar-refractivity contribution >= 4 is 35.7 Å². The van der Waals surface area contributed by atoms with Crippen molar-refractivity contribution in [3.8, 4) is 34.5 Å². The van der Waals surface area contributed by atoms with Gasteiger partial charge < -0.3 is 57.5 Å². The fourth-order valence-electron chi connectivity index (χ4n) is 13.0. The Morgan fingerprint density at radius 2 is 0.908 bits per heavy atom. The summed E-state index contributed by atoms with van der Waals surface area (Å²) in [5.41, 5.74) is 11.3. The number of ether oxygens (including phenoxy) is 9. The molecular weight excluding hydrogens is 1240 g/mol. The molecule has 6 atom stereocenters. The van der Waals surface area contributed by atoms with Gasteiger partial charge in [-0.25, -0.2) is 19.2 Å². The van der Waals surface area contributed by atoms with Crippen LogP contribution >= 0.6 is 0 Å². The molecular formula is C80H102N2O16. The van der Waals surface area contributed by atoms with E-state index < -0.39 is 72.2 Å². The van der Waals surface area contributed by atoms with Gasteiger partial charge in [0.2, 0.25) is 11.8 Å². The average Bonchev–Trinajstić information content (AvgIpc) is 0.827. The second-order valence-electron chi connectivity index (χ2n) is 26.6. The number of carbonyl (C=O) groups excluding carboxylic acids is 5. The summed E-state index contributed by atoms with van der Waals surface area (Å²) in [5, 5.41) is 9.09. The topological polar surface area (TPSA) is 212 Å². The SMILES string of the molecule is CCC(C(=O)N1CCCCC1C(=O)O[C@H](CCc1ccc(C)c(C)c1)c1cccc(OCC(=O)O)c1)c1cc(C)c(OC)c(OC)c1.CCC(C(=O)N1CCCCC1C(=O)O[C@H](CCc1ccc(C)c(C)c1)c1cccc(OCC(=O)OC(C)(C)C)c1)c1cc(C)c(OC)c(OC)c1. The molecule has 2 aliphatic heterocycles. The largest absolute Gasteiger partial charge is 0.493 e. The number of aliphatic carboxylic acids is 1. The summed E-state index contributed by atoms with van der Waals surface area (Å²) in [6.07, 6.45) is 6.48. The van der Waals surface area contributed by atoms with Gasteiger partial charge in [0.05, 0.1) is 40.3 Å². The van der Waals surface area contributed by atoms with E-state index >= 15 is 0 Å². The zero-order chi connectivity index (χ0) is 71.4. The highest BCUT2D eigenvalue weighted by molar-refractivity contribution is 5.90. The van der Waals surface area contributed by atoms with E-state index in [2.05, 4.69) is 64.1 Å². The summed E-state index contributed by atoms with van der Waals surface area (Å²) in [4.78, 5) is 83.5. The van der Waals surface area contributed by atoms with Gasteiger partial charge in [-0.15, -0.1) is 0 Å². The number of amides is 2. The molecule has 18 nitrogen and oxygen atoms in total. The molecule has 0 saturated carbocycles. The number of esters is 3. The van der Waals surface area contributed by atoms with Gasteiger partial charge in [-0.2, -0.15) is 0 Å². The van der Waals surface area contributed by atoms with Crippen molar-refractivity contribution < 1.29 is 76.5 Å². The summed E-state index contributed by atoms with van der Waals surface area (Å²) in [7, 11) is 6.34. The molecule has 2 saturated heterocycles. The molecule has 6 aromatic carbocycles. The maximum Gasteiger partial charge on any atom is 0.344 e. The molecule has 2 heterocycles. The van der Waals surface area contributed by atoms with Crippen LogP contribution < -0.4 is 28.4 Å². The van der Waals surface area contributed by atoms with Crippen molar-refractivity contribution in [2.75, 3.05) is 54.7 Å². The van der Waals surface area contributed by atoms with Crippen LogP contribution in [0.3, 0.4) is 0 Å². The molecule has 2 fully saturated rings. The number of carboxylic acids is 1. The van der Waals surface area contributed by atoms with Gasteiger partial charge >= 0.3 is 23.9 Å². The molecule has 0 spiro atoms. The first kappa shape index (κ1) is 76.3. The lowest BCUT2D eigenvalue weighted by atomic mass is 9.91. The lowest BCUT2D eigenvalue weighted by molar-refractivity contribution is -0.162. The van der Waals surface area contributed by atoms with Gasteiger partial charge in [0.1, 0.15) is 41.4 Å². The molecule has 2 amide bonds. The monoisotopic (exact) mass is 1350 g/mol. The van der Waals surface area contributed by atoms with Crippen LogP contribution in [0, 0.1) is 41.5 Å². The molecule has 0 aliphatic carbocycles. The van der Waals surface area contributed by atoms with Crippen LogP contribution in [-0.2, 0) is 55.8 Å². The Bertz CT molecular complexity index is 3720. The third-order valence-electron chi connectivity index (χ3n) is 18.4. The van der Waals surface area contributed by atoms with Gasteiger partial charge in [0.15, 0.2) is 36.2 Å². The number of aryl methyl sites for hydroxylation is 8. The van der Waals surface area contributed by atoms with E-state index in [-0.39, 0.29) is 18.4 Å². The summed E-state index contributed by atoms with van der Waals surface area (Å²) < 4.78 is 51.5. The van der Waals surface area contributed by atoms with Crippen molar-refractivity contribution in [1.29, 1.82) is 0 Å².